The Balaban J connectivity index is 0.00000420. The second-order valence-corrected chi connectivity index (χ2v) is 11.1. The van der Waals surface area contributed by atoms with E-state index >= 15 is 0 Å². The first kappa shape index (κ1) is 29.9. The van der Waals surface area contributed by atoms with Gasteiger partial charge in [0.25, 0.3) is 15.6 Å². The molecule has 0 radical (unpaired) electrons. The van der Waals surface area contributed by atoms with Crippen LogP contribution in [0.4, 0.5) is 5.69 Å². The third kappa shape index (κ3) is 6.89. The second kappa shape index (κ2) is 13.0. The van der Waals surface area contributed by atoms with Gasteiger partial charge in [-0.25, -0.2) is 18.1 Å². The van der Waals surface area contributed by atoms with E-state index in [2.05, 4.69) is 15.0 Å². The summed E-state index contributed by atoms with van der Waals surface area (Å²) in [6.45, 7) is 5.27. The highest BCUT2D eigenvalue weighted by Gasteiger charge is 2.24. The maximum atomic E-state index is 13.3. The van der Waals surface area contributed by atoms with Crippen LogP contribution in [-0.4, -0.2) is 61.9 Å². The molecule has 0 amide bonds. The first-order chi connectivity index (χ1) is 18.2. The molecule has 4 rings (SSSR count). The van der Waals surface area contributed by atoms with Crippen LogP contribution in [0, 0.1) is 6.92 Å². The zero-order chi connectivity index (χ0) is 27.3. The summed E-state index contributed by atoms with van der Waals surface area (Å²) in [5.74, 6) is 1.07. The topological polar surface area (TPSA) is 101 Å². The molecule has 4 aromatic rings. The van der Waals surface area contributed by atoms with Gasteiger partial charge in [-0.3, -0.25) is 14.2 Å². The van der Waals surface area contributed by atoms with Gasteiger partial charge >= 0.3 is 0 Å². The van der Waals surface area contributed by atoms with Crippen LogP contribution in [0.2, 0.25) is 0 Å². The SMILES string of the molecule is CCN(c1ccccc1)S(=O)(=O)c1ccc(-n2[nH]c(C)c(Cc3cccc(OCCN(C)C)c3)c2=O)nc1.Cl. The summed E-state index contributed by atoms with van der Waals surface area (Å²) in [5.41, 5.74) is 2.62. The minimum atomic E-state index is -3.81. The number of rotatable bonds is 11. The molecule has 208 valence electrons. The molecule has 11 heteroatoms. The average molecular weight is 572 g/mol. The van der Waals surface area contributed by atoms with Gasteiger partial charge in [0.15, 0.2) is 5.82 Å². The Hall–Kier alpha value is -3.60. The van der Waals surface area contributed by atoms with E-state index in [0.717, 1.165) is 17.9 Å². The van der Waals surface area contributed by atoms with Crippen molar-refractivity contribution in [2.75, 3.05) is 38.1 Å². The van der Waals surface area contributed by atoms with Crippen molar-refractivity contribution in [1.29, 1.82) is 0 Å². The number of nitrogens with zero attached hydrogens (tertiary/aromatic N) is 4. The summed E-state index contributed by atoms with van der Waals surface area (Å²) >= 11 is 0. The fourth-order valence-electron chi connectivity index (χ4n) is 4.12. The summed E-state index contributed by atoms with van der Waals surface area (Å²) in [6.07, 6.45) is 1.71. The lowest BCUT2D eigenvalue weighted by Crippen LogP contribution is -2.30. The number of likely N-dealkylation sites (N-methyl/N-ethyl adjacent to an activating group) is 1. The fourth-order valence-corrected chi connectivity index (χ4v) is 5.54. The van der Waals surface area contributed by atoms with Crippen LogP contribution in [-0.2, 0) is 16.4 Å². The lowest BCUT2D eigenvalue weighted by molar-refractivity contribution is 0.261. The Morgan fingerprint density at radius 3 is 2.41 bits per heavy atom. The van der Waals surface area contributed by atoms with Crippen molar-refractivity contribution in [2.45, 2.75) is 25.2 Å². The number of anilines is 1. The van der Waals surface area contributed by atoms with Crippen LogP contribution in [0.25, 0.3) is 5.82 Å². The molecule has 0 saturated carbocycles. The van der Waals surface area contributed by atoms with E-state index in [4.69, 9.17) is 4.74 Å². The Labute approximate surface area is 235 Å². The minimum absolute atomic E-state index is 0. The molecular weight excluding hydrogens is 538 g/mol. The van der Waals surface area contributed by atoms with Crippen LogP contribution >= 0.6 is 12.4 Å². The smallest absolute Gasteiger partial charge is 0.276 e. The molecule has 2 aromatic heterocycles. The Morgan fingerprint density at radius 2 is 1.77 bits per heavy atom. The molecule has 0 atom stereocenters. The molecule has 0 aliphatic rings. The summed E-state index contributed by atoms with van der Waals surface area (Å²) < 4.78 is 35.0. The Morgan fingerprint density at radius 1 is 1.03 bits per heavy atom. The summed E-state index contributed by atoms with van der Waals surface area (Å²) in [4.78, 5) is 19.7. The van der Waals surface area contributed by atoms with Crippen molar-refractivity contribution in [2.24, 2.45) is 0 Å². The Kier molecular flexibility index (Phi) is 9.96. The molecule has 0 unspecified atom stereocenters. The van der Waals surface area contributed by atoms with Gasteiger partial charge in [-0.05, 0) is 69.9 Å². The highest BCUT2D eigenvalue weighted by molar-refractivity contribution is 7.92. The summed E-state index contributed by atoms with van der Waals surface area (Å²) in [7, 11) is 0.169. The van der Waals surface area contributed by atoms with Crippen molar-refractivity contribution >= 4 is 28.1 Å². The fraction of sp³-hybridized carbons (Fsp3) is 0.286. The molecule has 0 aliphatic heterocycles. The molecule has 39 heavy (non-hydrogen) atoms. The van der Waals surface area contributed by atoms with Crippen molar-refractivity contribution in [3.8, 4) is 11.6 Å². The molecule has 9 nitrogen and oxygen atoms in total. The minimum Gasteiger partial charge on any atom is -0.492 e. The largest absolute Gasteiger partial charge is 0.492 e. The maximum absolute atomic E-state index is 13.3. The second-order valence-electron chi connectivity index (χ2n) is 9.19. The van der Waals surface area contributed by atoms with Crippen LogP contribution in [0.5, 0.6) is 5.75 Å². The monoisotopic (exact) mass is 571 g/mol. The van der Waals surface area contributed by atoms with Crippen molar-refractivity contribution in [3.63, 3.8) is 0 Å². The standard InChI is InChI=1S/C28H33N5O4S.ClH/c1-5-32(23-11-7-6-8-12-23)38(35,36)25-14-15-27(29-20-25)33-28(34)26(21(2)30-33)19-22-10-9-13-24(18-22)37-17-16-31(3)4;/h6-15,18,20,30H,5,16-17,19H2,1-4H3;1H. The number of benzene rings is 2. The predicted octanol–water partition coefficient (Wildman–Crippen LogP) is 4.04. The number of pyridine rings is 1. The number of H-pyrrole nitrogens is 1. The zero-order valence-corrected chi connectivity index (χ0v) is 24.1. The van der Waals surface area contributed by atoms with Gasteiger partial charge in [-0.1, -0.05) is 30.3 Å². The molecule has 0 aliphatic carbocycles. The van der Waals surface area contributed by atoms with Crippen LogP contribution in [0.15, 0.2) is 82.6 Å². The van der Waals surface area contributed by atoms with E-state index in [0.29, 0.717) is 35.8 Å². The lowest BCUT2D eigenvalue weighted by Gasteiger charge is -2.22. The highest BCUT2D eigenvalue weighted by Crippen LogP contribution is 2.23. The zero-order valence-electron chi connectivity index (χ0n) is 22.5. The van der Waals surface area contributed by atoms with Crippen LogP contribution in [0.1, 0.15) is 23.7 Å². The van der Waals surface area contributed by atoms with Crippen molar-refractivity contribution in [1.82, 2.24) is 19.7 Å². The highest BCUT2D eigenvalue weighted by atomic mass is 35.5. The third-order valence-electron chi connectivity index (χ3n) is 6.15. The Bertz CT molecular complexity index is 1530. The van der Waals surface area contributed by atoms with Gasteiger partial charge in [0.05, 0.1) is 5.69 Å². The number of hydrogen-bond acceptors (Lipinski definition) is 6. The number of aromatic amines is 1. The van der Waals surface area contributed by atoms with Gasteiger partial charge in [-0.15, -0.1) is 12.4 Å². The first-order valence-corrected chi connectivity index (χ1v) is 13.9. The van der Waals surface area contributed by atoms with E-state index in [-0.39, 0.29) is 29.4 Å². The number of para-hydroxylation sites is 1. The number of aryl methyl sites for hydroxylation is 1. The van der Waals surface area contributed by atoms with E-state index in [9.17, 15) is 13.2 Å². The van der Waals surface area contributed by atoms with Gasteiger partial charge in [0.2, 0.25) is 0 Å². The van der Waals surface area contributed by atoms with E-state index in [1.165, 1.54) is 27.3 Å². The number of sulfonamides is 1. The van der Waals surface area contributed by atoms with Gasteiger partial charge in [0.1, 0.15) is 17.3 Å². The first-order valence-electron chi connectivity index (χ1n) is 12.4. The molecule has 1 N–H and O–H groups in total. The molecule has 0 bridgehead atoms. The molecule has 0 spiro atoms. The molecular formula is C28H34ClN5O4S. The summed E-state index contributed by atoms with van der Waals surface area (Å²) in [5, 5.41) is 3.07. The van der Waals surface area contributed by atoms with E-state index in [1.54, 1.807) is 31.2 Å². The number of nitrogens with one attached hydrogen (secondary N) is 1. The quantitative estimate of drug-likeness (QED) is 0.292. The van der Waals surface area contributed by atoms with Gasteiger partial charge in [0, 0.05) is 37.0 Å². The molecule has 0 fully saturated rings. The number of ether oxygens (including phenoxy) is 1. The molecule has 2 aromatic carbocycles. The molecule has 0 saturated heterocycles. The van der Waals surface area contributed by atoms with Gasteiger partial charge in [-0.2, -0.15) is 0 Å². The summed E-state index contributed by atoms with van der Waals surface area (Å²) in [6, 6.07) is 19.6. The number of aromatic nitrogens is 3. The van der Waals surface area contributed by atoms with Gasteiger partial charge < -0.3 is 9.64 Å². The van der Waals surface area contributed by atoms with E-state index < -0.39 is 10.0 Å². The lowest BCUT2D eigenvalue weighted by atomic mass is 10.1. The van der Waals surface area contributed by atoms with Crippen LogP contribution in [0.3, 0.4) is 0 Å². The van der Waals surface area contributed by atoms with Crippen LogP contribution < -0.4 is 14.6 Å². The van der Waals surface area contributed by atoms with Crippen molar-refractivity contribution in [3.05, 3.63) is 100 Å². The predicted molar refractivity (Wildman–Crippen MR) is 156 cm³/mol. The van der Waals surface area contributed by atoms with E-state index in [1.807, 2.05) is 51.4 Å². The average Bonchev–Trinajstić information content (AvgIpc) is 3.18. The number of halogens is 1. The van der Waals surface area contributed by atoms with Crippen molar-refractivity contribution < 1.29 is 13.2 Å². The third-order valence-corrected chi connectivity index (χ3v) is 8.04. The normalized spacial score (nSPS) is 11.3. The maximum Gasteiger partial charge on any atom is 0.276 e. The number of hydrogen-bond donors (Lipinski definition) is 1. The molecule has 2 heterocycles.